The Hall–Kier alpha value is -2.63. The molecule has 3 aromatic rings. The number of fused-ring (bicyclic) bond motifs is 1. The summed E-state index contributed by atoms with van der Waals surface area (Å²) >= 11 is 0. The molecule has 1 aliphatic rings. The minimum atomic E-state index is 0.199. The summed E-state index contributed by atoms with van der Waals surface area (Å²) in [6.07, 6.45) is 7.55. The summed E-state index contributed by atoms with van der Waals surface area (Å²) in [6, 6.07) is 6.62. The zero-order chi connectivity index (χ0) is 15.8. The lowest BCUT2D eigenvalue weighted by molar-refractivity contribution is 0.709. The second kappa shape index (κ2) is 5.53. The van der Waals surface area contributed by atoms with Gasteiger partial charge in [0.25, 0.3) is 0 Å². The maximum absolute atomic E-state index is 4.27. The Morgan fingerprint density at radius 3 is 2.96 bits per heavy atom. The van der Waals surface area contributed by atoms with Crippen LogP contribution in [0.25, 0.3) is 0 Å². The number of hydrogen-bond donors (Lipinski definition) is 1. The minimum absolute atomic E-state index is 0.199. The van der Waals surface area contributed by atoms with Gasteiger partial charge in [0, 0.05) is 56.8 Å². The molecule has 1 atom stereocenters. The molecular weight excluding hydrogens is 288 g/mol. The van der Waals surface area contributed by atoms with Gasteiger partial charge in [0.05, 0.1) is 12.0 Å². The van der Waals surface area contributed by atoms with Crippen LogP contribution in [0.15, 0.2) is 36.9 Å². The largest absolute Gasteiger partial charge is 0.374 e. The summed E-state index contributed by atoms with van der Waals surface area (Å²) in [6.45, 7) is 1.08. The number of benzene rings is 1. The molecule has 1 aromatic carbocycles. The Kier molecular flexibility index (Phi) is 3.37. The van der Waals surface area contributed by atoms with Crippen LogP contribution in [0.2, 0.25) is 0 Å². The average Bonchev–Trinajstić information content (AvgIpc) is 3.27. The van der Waals surface area contributed by atoms with Gasteiger partial charge in [0.2, 0.25) is 0 Å². The molecule has 1 unspecified atom stereocenters. The molecule has 0 amide bonds. The number of aromatic nitrogens is 5. The number of rotatable bonds is 4. The van der Waals surface area contributed by atoms with E-state index in [1.165, 1.54) is 16.8 Å². The van der Waals surface area contributed by atoms with Crippen LogP contribution >= 0.6 is 0 Å². The Labute approximate surface area is 135 Å². The standard InChI is InChI=1S/C17H20N6/c1-22-7-6-12-4-3-5-14(17(12)22)15(16-9-18-11-19-16)8-13-10-23(2)21-20-13/h3-5,9-11,15H,6-8H2,1-2H3,(H,18,19). The zero-order valence-corrected chi connectivity index (χ0v) is 13.4. The molecule has 0 saturated heterocycles. The molecule has 118 valence electrons. The Bertz CT molecular complexity index is 804. The number of nitrogens with one attached hydrogen (secondary N) is 1. The van der Waals surface area contributed by atoms with Crippen LogP contribution in [0, 0.1) is 0 Å². The summed E-state index contributed by atoms with van der Waals surface area (Å²) in [7, 11) is 4.07. The lowest BCUT2D eigenvalue weighted by atomic mass is 9.89. The molecule has 23 heavy (non-hydrogen) atoms. The zero-order valence-electron chi connectivity index (χ0n) is 13.4. The monoisotopic (exact) mass is 308 g/mol. The quantitative estimate of drug-likeness (QED) is 0.799. The third-order valence-electron chi connectivity index (χ3n) is 4.58. The van der Waals surface area contributed by atoms with Gasteiger partial charge >= 0.3 is 0 Å². The second-order valence-electron chi connectivity index (χ2n) is 6.17. The van der Waals surface area contributed by atoms with Crippen molar-refractivity contribution in [3.05, 3.63) is 59.4 Å². The van der Waals surface area contributed by atoms with Crippen molar-refractivity contribution in [2.45, 2.75) is 18.8 Å². The highest BCUT2D eigenvalue weighted by molar-refractivity contribution is 5.65. The van der Waals surface area contributed by atoms with Crippen molar-refractivity contribution >= 4 is 5.69 Å². The second-order valence-corrected chi connectivity index (χ2v) is 6.17. The van der Waals surface area contributed by atoms with Crippen molar-refractivity contribution in [3.63, 3.8) is 0 Å². The first-order chi connectivity index (χ1) is 11.2. The topological polar surface area (TPSA) is 62.6 Å². The van der Waals surface area contributed by atoms with Gasteiger partial charge in [0.1, 0.15) is 0 Å². The van der Waals surface area contributed by atoms with Gasteiger partial charge in [-0.1, -0.05) is 23.4 Å². The number of para-hydroxylation sites is 1. The highest BCUT2D eigenvalue weighted by Gasteiger charge is 2.26. The molecule has 1 N–H and O–H groups in total. The Morgan fingerprint density at radius 2 is 2.22 bits per heavy atom. The van der Waals surface area contributed by atoms with E-state index in [-0.39, 0.29) is 5.92 Å². The normalized spacial score (nSPS) is 15.0. The number of likely N-dealkylation sites (N-methyl/N-ethyl adjacent to an activating group) is 1. The highest BCUT2D eigenvalue weighted by atomic mass is 15.4. The lowest BCUT2D eigenvalue weighted by Crippen LogP contribution is -2.16. The maximum atomic E-state index is 4.27. The molecule has 0 saturated carbocycles. The predicted molar refractivity (Wildman–Crippen MR) is 88.6 cm³/mol. The smallest absolute Gasteiger partial charge is 0.0921 e. The lowest BCUT2D eigenvalue weighted by Gasteiger charge is -2.22. The molecule has 4 rings (SSSR count). The number of imidazole rings is 1. The van der Waals surface area contributed by atoms with Gasteiger partial charge < -0.3 is 9.88 Å². The SMILES string of the molecule is CN1CCc2cccc(C(Cc3cn(C)nn3)c3cnc[nH]3)c21. The van der Waals surface area contributed by atoms with E-state index in [4.69, 9.17) is 0 Å². The van der Waals surface area contributed by atoms with Gasteiger partial charge in [0.15, 0.2) is 0 Å². The van der Waals surface area contributed by atoms with Crippen molar-refractivity contribution in [2.24, 2.45) is 7.05 Å². The van der Waals surface area contributed by atoms with Crippen molar-refractivity contribution < 1.29 is 0 Å². The fourth-order valence-corrected chi connectivity index (χ4v) is 3.50. The Balaban J connectivity index is 1.79. The number of nitrogens with zero attached hydrogens (tertiary/aromatic N) is 5. The van der Waals surface area contributed by atoms with E-state index in [0.29, 0.717) is 0 Å². The molecule has 6 nitrogen and oxygen atoms in total. The third kappa shape index (κ3) is 2.50. The first kappa shape index (κ1) is 14.0. The molecule has 0 spiro atoms. The first-order valence-corrected chi connectivity index (χ1v) is 7.89. The van der Waals surface area contributed by atoms with Crippen LogP contribution in [0.1, 0.15) is 28.4 Å². The number of aryl methyl sites for hydroxylation is 1. The van der Waals surface area contributed by atoms with Gasteiger partial charge in [-0.25, -0.2) is 4.98 Å². The molecule has 6 heteroatoms. The molecule has 1 aliphatic heterocycles. The van der Waals surface area contributed by atoms with Gasteiger partial charge in [-0.15, -0.1) is 5.10 Å². The predicted octanol–water partition coefficient (Wildman–Crippen LogP) is 1.91. The van der Waals surface area contributed by atoms with Crippen LogP contribution in [-0.4, -0.2) is 38.6 Å². The third-order valence-corrected chi connectivity index (χ3v) is 4.58. The van der Waals surface area contributed by atoms with Crippen LogP contribution in [0.4, 0.5) is 5.69 Å². The first-order valence-electron chi connectivity index (χ1n) is 7.89. The van der Waals surface area contributed by atoms with E-state index in [0.717, 1.165) is 30.8 Å². The maximum Gasteiger partial charge on any atom is 0.0921 e. The van der Waals surface area contributed by atoms with E-state index in [9.17, 15) is 0 Å². The Morgan fingerprint density at radius 1 is 1.30 bits per heavy atom. The number of hydrogen-bond acceptors (Lipinski definition) is 4. The minimum Gasteiger partial charge on any atom is -0.374 e. The molecule has 3 heterocycles. The van der Waals surface area contributed by atoms with Crippen LogP contribution in [0.5, 0.6) is 0 Å². The fraction of sp³-hybridized carbons (Fsp3) is 0.353. The summed E-state index contributed by atoms with van der Waals surface area (Å²) in [5.74, 6) is 0.199. The van der Waals surface area contributed by atoms with E-state index < -0.39 is 0 Å². The van der Waals surface area contributed by atoms with E-state index in [1.54, 1.807) is 11.0 Å². The molecule has 0 aliphatic carbocycles. The fourth-order valence-electron chi connectivity index (χ4n) is 3.50. The van der Waals surface area contributed by atoms with Gasteiger partial charge in [-0.2, -0.15) is 0 Å². The van der Waals surface area contributed by atoms with E-state index in [1.807, 2.05) is 19.4 Å². The summed E-state index contributed by atoms with van der Waals surface area (Å²) in [5, 5.41) is 8.33. The average molecular weight is 308 g/mol. The van der Waals surface area contributed by atoms with Crippen LogP contribution in [-0.2, 0) is 19.9 Å². The van der Waals surface area contributed by atoms with Crippen molar-refractivity contribution in [3.8, 4) is 0 Å². The summed E-state index contributed by atoms with van der Waals surface area (Å²) < 4.78 is 1.75. The van der Waals surface area contributed by atoms with Crippen molar-refractivity contribution in [1.29, 1.82) is 0 Å². The van der Waals surface area contributed by atoms with Crippen LogP contribution < -0.4 is 4.90 Å². The highest BCUT2D eigenvalue weighted by Crippen LogP contribution is 2.38. The van der Waals surface area contributed by atoms with Gasteiger partial charge in [-0.3, -0.25) is 4.68 Å². The molecule has 0 radical (unpaired) electrons. The van der Waals surface area contributed by atoms with Gasteiger partial charge in [-0.05, 0) is 17.5 Å². The number of anilines is 1. The molecule has 0 fully saturated rings. The van der Waals surface area contributed by atoms with E-state index >= 15 is 0 Å². The van der Waals surface area contributed by atoms with Crippen molar-refractivity contribution in [2.75, 3.05) is 18.5 Å². The molecule has 2 aromatic heterocycles. The van der Waals surface area contributed by atoms with E-state index in [2.05, 4.69) is 50.4 Å². The molecular formula is C17H20N6. The summed E-state index contributed by atoms with van der Waals surface area (Å²) in [4.78, 5) is 9.85. The number of aromatic amines is 1. The van der Waals surface area contributed by atoms with Crippen LogP contribution in [0.3, 0.4) is 0 Å². The van der Waals surface area contributed by atoms with Crippen molar-refractivity contribution in [1.82, 2.24) is 25.0 Å². The summed E-state index contributed by atoms with van der Waals surface area (Å²) in [5.41, 5.74) is 6.22. The number of H-pyrrole nitrogens is 1. The molecule has 0 bridgehead atoms.